The van der Waals surface area contributed by atoms with Crippen molar-refractivity contribution in [2.24, 2.45) is 5.92 Å². The number of aromatic nitrogens is 2. The molecule has 0 atom stereocenters. The predicted octanol–water partition coefficient (Wildman–Crippen LogP) is 1.55. The summed E-state index contributed by atoms with van der Waals surface area (Å²) in [5.74, 6) is 0.779. The number of pyridine rings is 1. The van der Waals surface area contributed by atoms with Crippen LogP contribution in [-0.4, -0.2) is 65.1 Å². The van der Waals surface area contributed by atoms with E-state index in [4.69, 9.17) is 9.72 Å². The first-order valence-corrected chi connectivity index (χ1v) is 9.69. The van der Waals surface area contributed by atoms with Crippen molar-refractivity contribution in [3.8, 4) is 0 Å². The quantitative estimate of drug-likeness (QED) is 0.832. The number of aryl methyl sites for hydroxylation is 1. The van der Waals surface area contributed by atoms with Crippen molar-refractivity contribution in [2.75, 3.05) is 45.9 Å². The third kappa shape index (κ3) is 3.98. The monoisotopic (exact) mass is 356 g/mol. The first-order valence-electron chi connectivity index (χ1n) is 9.69. The van der Waals surface area contributed by atoms with E-state index in [1.807, 2.05) is 19.1 Å². The largest absolute Gasteiger partial charge is 0.379 e. The summed E-state index contributed by atoms with van der Waals surface area (Å²) >= 11 is 0. The third-order valence-electron chi connectivity index (χ3n) is 5.65. The second-order valence-electron chi connectivity index (χ2n) is 7.60. The lowest BCUT2D eigenvalue weighted by molar-refractivity contribution is 0.0241. The van der Waals surface area contributed by atoms with Gasteiger partial charge in [0.2, 0.25) is 0 Å². The average molecular weight is 356 g/mol. The summed E-state index contributed by atoms with van der Waals surface area (Å²) in [5.41, 5.74) is 2.71. The molecule has 140 valence electrons. The first kappa shape index (κ1) is 17.6. The van der Waals surface area contributed by atoms with E-state index >= 15 is 0 Å². The second kappa shape index (κ2) is 7.86. The van der Waals surface area contributed by atoms with Crippen LogP contribution in [0.15, 0.2) is 29.2 Å². The molecule has 6 nitrogen and oxygen atoms in total. The molecule has 0 unspecified atom stereocenters. The molecule has 4 heterocycles. The summed E-state index contributed by atoms with van der Waals surface area (Å²) < 4.78 is 7.07. The van der Waals surface area contributed by atoms with E-state index in [0.29, 0.717) is 0 Å². The Balaban J connectivity index is 1.36. The van der Waals surface area contributed by atoms with E-state index in [1.54, 1.807) is 16.7 Å². The molecule has 0 radical (unpaired) electrons. The minimum Gasteiger partial charge on any atom is -0.379 e. The predicted molar refractivity (Wildman–Crippen MR) is 101 cm³/mol. The van der Waals surface area contributed by atoms with E-state index in [9.17, 15) is 4.79 Å². The van der Waals surface area contributed by atoms with E-state index in [2.05, 4.69) is 9.80 Å². The molecule has 0 spiro atoms. The van der Waals surface area contributed by atoms with Gasteiger partial charge in [-0.1, -0.05) is 6.07 Å². The van der Waals surface area contributed by atoms with E-state index < -0.39 is 0 Å². The van der Waals surface area contributed by atoms with Crippen molar-refractivity contribution in [2.45, 2.75) is 26.3 Å². The van der Waals surface area contributed by atoms with Crippen LogP contribution in [0.3, 0.4) is 0 Å². The molecule has 2 saturated heterocycles. The summed E-state index contributed by atoms with van der Waals surface area (Å²) in [4.78, 5) is 22.1. The summed E-state index contributed by atoms with van der Waals surface area (Å²) in [7, 11) is 0. The van der Waals surface area contributed by atoms with Gasteiger partial charge in [0, 0.05) is 38.4 Å². The number of likely N-dealkylation sites (tertiary alicyclic amines) is 1. The van der Waals surface area contributed by atoms with E-state index in [0.717, 1.165) is 68.8 Å². The Morgan fingerprint density at radius 1 is 1.15 bits per heavy atom. The van der Waals surface area contributed by atoms with E-state index in [-0.39, 0.29) is 5.56 Å². The molecule has 0 N–H and O–H groups in total. The number of rotatable bonds is 4. The van der Waals surface area contributed by atoms with E-state index in [1.165, 1.54) is 19.4 Å². The summed E-state index contributed by atoms with van der Waals surface area (Å²) in [6, 6.07) is 5.58. The Hall–Kier alpha value is -1.76. The van der Waals surface area contributed by atoms with Crippen LogP contribution in [0.5, 0.6) is 0 Å². The highest BCUT2D eigenvalue weighted by molar-refractivity contribution is 5.46. The minimum absolute atomic E-state index is 0.0101. The smallest absolute Gasteiger partial charge is 0.258 e. The molecule has 2 fully saturated rings. The number of morpholine rings is 1. The number of fused-ring (bicyclic) bond motifs is 1. The van der Waals surface area contributed by atoms with Gasteiger partial charge < -0.3 is 4.74 Å². The molecule has 0 aliphatic carbocycles. The van der Waals surface area contributed by atoms with Gasteiger partial charge in [-0.25, -0.2) is 4.98 Å². The van der Waals surface area contributed by atoms with Crippen molar-refractivity contribution in [1.82, 2.24) is 19.2 Å². The fourth-order valence-electron chi connectivity index (χ4n) is 4.09. The van der Waals surface area contributed by atoms with Crippen molar-refractivity contribution < 1.29 is 4.74 Å². The van der Waals surface area contributed by atoms with Gasteiger partial charge in [0.05, 0.1) is 18.9 Å². The Kier molecular flexibility index (Phi) is 5.33. The Morgan fingerprint density at radius 2 is 1.92 bits per heavy atom. The maximum Gasteiger partial charge on any atom is 0.258 e. The fraction of sp³-hybridized carbons (Fsp3) is 0.600. The molecule has 0 amide bonds. The van der Waals surface area contributed by atoms with Gasteiger partial charge in [-0.2, -0.15) is 0 Å². The fourth-order valence-corrected chi connectivity index (χ4v) is 4.09. The lowest BCUT2D eigenvalue weighted by atomic mass is 9.96. The van der Waals surface area contributed by atoms with Gasteiger partial charge in [-0.3, -0.25) is 19.0 Å². The molecule has 0 saturated carbocycles. The third-order valence-corrected chi connectivity index (χ3v) is 5.65. The lowest BCUT2D eigenvalue weighted by Crippen LogP contribution is -2.42. The lowest BCUT2D eigenvalue weighted by Gasteiger charge is -2.35. The van der Waals surface area contributed by atoms with Crippen molar-refractivity contribution >= 4 is 5.65 Å². The Bertz CT molecular complexity index is 805. The van der Waals surface area contributed by atoms with Crippen LogP contribution in [0.1, 0.15) is 24.1 Å². The van der Waals surface area contributed by atoms with Crippen molar-refractivity contribution in [3.63, 3.8) is 0 Å². The molecular formula is C20H28N4O2. The Morgan fingerprint density at radius 3 is 2.69 bits per heavy atom. The maximum atomic E-state index is 12.4. The molecule has 0 aromatic carbocycles. The summed E-state index contributed by atoms with van der Waals surface area (Å²) in [5, 5.41) is 0. The standard InChI is InChI=1S/C20H28N4O2/c1-16-3-2-6-24-19(25)13-18(21-20(16)24)15-22-7-4-17(5-8-22)14-23-9-11-26-12-10-23/h2-3,6,13,17H,4-5,7-12,14-15H2,1H3. The molecule has 2 aliphatic rings. The normalized spacial score (nSPS) is 20.7. The zero-order valence-corrected chi connectivity index (χ0v) is 15.6. The van der Waals surface area contributed by atoms with Gasteiger partial charge in [-0.05, 0) is 50.4 Å². The highest BCUT2D eigenvalue weighted by Crippen LogP contribution is 2.20. The topological polar surface area (TPSA) is 50.1 Å². The van der Waals surface area contributed by atoms with Gasteiger partial charge in [0.15, 0.2) is 0 Å². The van der Waals surface area contributed by atoms with Gasteiger partial charge in [0.1, 0.15) is 5.65 Å². The summed E-state index contributed by atoms with van der Waals surface area (Å²) in [6.07, 6.45) is 4.24. The van der Waals surface area contributed by atoms with Crippen LogP contribution >= 0.6 is 0 Å². The zero-order chi connectivity index (χ0) is 17.9. The van der Waals surface area contributed by atoms with Crippen LogP contribution < -0.4 is 5.56 Å². The highest BCUT2D eigenvalue weighted by atomic mass is 16.5. The number of ether oxygens (including phenoxy) is 1. The molecule has 4 rings (SSSR count). The van der Waals surface area contributed by atoms with Crippen LogP contribution in [0.25, 0.3) is 5.65 Å². The van der Waals surface area contributed by atoms with Crippen molar-refractivity contribution in [1.29, 1.82) is 0 Å². The van der Waals surface area contributed by atoms with Gasteiger partial charge >= 0.3 is 0 Å². The number of nitrogens with zero attached hydrogens (tertiary/aromatic N) is 4. The summed E-state index contributed by atoms with van der Waals surface area (Å²) in [6.45, 7) is 10.0. The average Bonchev–Trinajstić information content (AvgIpc) is 2.65. The van der Waals surface area contributed by atoms with Crippen LogP contribution in [-0.2, 0) is 11.3 Å². The molecule has 26 heavy (non-hydrogen) atoms. The maximum absolute atomic E-state index is 12.4. The van der Waals surface area contributed by atoms with Crippen LogP contribution in [0, 0.1) is 12.8 Å². The van der Waals surface area contributed by atoms with Crippen LogP contribution in [0.2, 0.25) is 0 Å². The van der Waals surface area contributed by atoms with Crippen LogP contribution in [0.4, 0.5) is 0 Å². The van der Waals surface area contributed by atoms with Gasteiger partial charge in [0.25, 0.3) is 5.56 Å². The minimum atomic E-state index is 0.0101. The molecule has 2 aromatic rings. The molecular weight excluding hydrogens is 328 g/mol. The first-order chi connectivity index (χ1) is 12.7. The SMILES string of the molecule is Cc1cccn2c(=O)cc(CN3CCC(CN4CCOCC4)CC3)nc12. The van der Waals surface area contributed by atoms with Gasteiger partial charge in [-0.15, -0.1) is 0 Å². The molecule has 2 aliphatic heterocycles. The molecule has 2 aromatic heterocycles. The van der Waals surface area contributed by atoms with Crippen molar-refractivity contribution in [3.05, 3.63) is 46.0 Å². The number of piperidine rings is 1. The number of hydrogen-bond acceptors (Lipinski definition) is 5. The molecule has 0 bridgehead atoms. The zero-order valence-electron chi connectivity index (χ0n) is 15.6. The highest BCUT2D eigenvalue weighted by Gasteiger charge is 2.23. The number of hydrogen-bond donors (Lipinski definition) is 0. The molecule has 6 heteroatoms. The Labute approximate surface area is 154 Å². The second-order valence-corrected chi connectivity index (χ2v) is 7.60.